The van der Waals surface area contributed by atoms with Gasteiger partial charge in [-0.25, -0.2) is 28.8 Å². The normalized spacial score (nSPS) is 15.8. The average molecular weight is 517 g/mol. The smallest absolute Gasteiger partial charge is 0.225 e. The molecule has 4 aromatic heterocycles. The first-order valence-electron chi connectivity index (χ1n) is 12.0. The van der Waals surface area contributed by atoms with Crippen molar-refractivity contribution in [2.45, 2.75) is 19.4 Å². The van der Waals surface area contributed by atoms with Crippen molar-refractivity contribution in [2.75, 3.05) is 36.0 Å². The van der Waals surface area contributed by atoms with Gasteiger partial charge in [0.1, 0.15) is 23.3 Å². The lowest BCUT2D eigenvalue weighted by atomic mass is 9.90. The summed E-state index contributed by atoms with van der Waals surface area (Å²) in [5, 5.41) is 16.5. The van der Waals surface area contributed by atoms with E-state index in [4.69, 9.17) is 0 Å². The Bertz CT molecular complexity index is 1540. The summed E-state index contributed by atoms with van der Waals surface area (Å²) in [6.07, 6.45) is 8.76. The molecule has 0 amide bonds. The van der Waals surface area contributed by atoms with Crippen LogP contribution in [0.5, 0.6) is 0 Å². The van der Waals surface area contributed by atoms with E-state index >= 15 is 0 Å². The fourth-order valence-electron chi connectivity index (χ4n) is 4.59. The summed E-state index contributed by atoms with van der Waals surface area (Å²) < 4.78 is 15.2. The molecule has 1 aliphatic heterocycles. The Balaban J connectivity index is 1.17. The quantitative estimate of drug-likeness (QED) is 0.378. The molecule has 0 radical (unpaired) electrons. The lowest BCUT2D eigenvalue weighted by Crippen LogP contribution is -2.47. The van der Waals surface area contributed by atoms with Crippen molar-refractivity contribution >= 4 is 28.6 Å². The van der Waals surface area contributed by atoms with E-state index in [0.29, 0.717) is 17.1 Å². The van der Waals surface area contributed by atoms with Crippen LogP contribution in [-0.2, 0) is 5.60 Å². The molecular weight excluding hydrogens is 491 g/mol. The van der Waals surface area contributed by atoms with Crippen molar-refractivity contribution in [3.63, 3.8) is 0 Å². The summed E-state index contributed by atoms with van der Waals surface area (Å²) in [5.74, 6) is 1.16. The topological polar surface area (TPSA) is 95.6 Å². The SMILES string of the molecule is Cc1ncc(-c2cc3c(N4CCN(c5ncc([C@@](C)(O)c6ccc(F)cc6)cn5)CC4)ncnn3c2)s1. The van der Waals surface area contributed by atoms with Crippen LogP contribution in [0.2, 0.25) is 0 Å². The number of rotatable bonds is 5. The van der Waals surface area contributed by atoms with Crippen molar-refractivity contribution in [3.8, 4) is 10.4 Å². The first kappa shape index (κ1) is 23.4. The third-order valence-electron chi connectivity index (χ3n) is 6.76. The highest BCUT2D eigenvalue weighted by Crippen LogP contribution is 2.31. The van der Waals surface area contributed by atoms with Crippen LogP contribution >= 0.6 is 11.3 Å². The summed E-state index contributed by atoms with van der Waals surface area (Å²) in [6, 6.07) is 7.92. The van der Waals surface area contributed by atoms with Gasteiger partial charge in [0.15, 0.2) is 5.82 Å². The maximum absolute atomic E-state index is 13.3. The van der Waals surface area contributed by atoms with Gasteiger partial charge in [-0.05, 0) is 37.6 Å². The summed E-state index contributed by atoms with van der Waals surface area (Å²) in [6.45, 7) is 6.62. The number of benzene rings is 1. The molecule has 11 heteroatoms. The van der Waals surface area contributed by atoms with Crippen LogP contribution in [-0.4, -0.2) is 60.8 Å². The van der Waals surface area contributed by atoms with Gasteiger partial charge in [-0.3, -0.25) is 0 Å². The predicted octanol–water partition coefficient (Wildman–Crippen LogP) is 3.67. The van der Waals surface area contributed by atoms with E-state index in [0.717, 1.165) is 53.0 Å². The van der Waals surface area contributed by atoms with E-state index in [1.54, 1.807) is 49.1 Å². The number of hydrogen-bond acceptors (Lipinski definition) is 9. The highest BCUT2D eigenvalue weighted by Gasteiger charge is 2.28. The Morgan fingerprint density at radius 3 is 2.30 bits per heavy atom. The number of nitrogens with zero attached hydrogens (tertiary/aromatic N) is 8. The van der Waals surface area contributed by atoms with Gasteiger partial charge >= 0.3 is 0 Å². The van der Waals surface area contributed by atoms with E-state index in [-0.39, 0.29) is 5.82 Å². The van der Waals surface area contributed by atoms with Crippen molar-refractivity contribution in [1.29, 1.82) is 0 Å². The number of piperazine rings is 1. The van der Waals surface area contributed by atoms with Crippen LogP contribution in [0.4, 0.5) is 16.2 Å². The predicted molar refractivity (Wildman–Crippen MR) is 140 cm³/mol. The van der Waals surface area contributed by atoms with Gasteiger partial charge in [0.25, 0.3) is 0 Å². The molecule has 1 N–H and O–H groups in total. The van der Waals surface area contributed by atoms with Crippen molar-refractivity contribution < 1.29 is 9.50 Å². The molecule has 0 unspecified atom stereocenters. The summed E-state index contributed by atoms with van der Waals surface area (Å²) >= 11 is 1.66. The fraction of sp³-hybridized carbons (Fsp3) is 0.269. The lowest BCUT2D eigenvalue weighted by Gasteiger charge is -2.35. The molecule has 1 aromatic carbocycles. The highest BCUT2D eigenvalue weighted by atomic mass is 32.1. The molecule has 37 heavy (non-hydrogen) atoms. The molecule has 1 atom stereocenters. The molecule has 1 aliphatic rings. The lowest BCUT2D eigenvalue weighted by molar-refractivity contribution is 0.101. The number of thiazole rings is 1. The number of fused-ring (bicyclic) bond motifs is 1. The number of hydrogen-bond donors (Lipinski definition) is 1. The van der Waals surface area contributed by atoms with E-state index in [2.05, 4.69) is 40.9 Å². The third kappa shape index (κ3) is 4.40. The maximum atomic E-state index is 13.3. The number of anilines is 2. The third-order valence-corrected chi connectivity index (χ3v) is 7.72. The minimum absolute atomic E-state index is 0.347. The minimum Gasteiger partial charge on any atom is -0.381 e. The van der Waals surface area contributed by atoms with Crippen LogP contribution in [0, 0.1) is 12.7 Å². The van der Waals surface area contributed by atoms with E-state index in [9.17, 15) is 9.50 Å². The number of halogens is 1. The zero-order valence-corrected chi connectivity index (χ0v) is 21.2. The van der Waals surface area contributed by atoms with Gasteiger partial charge in [-0.1, -0.05) is 12.1 Å². The molecule has 1 fully saturated rings. The summed E-state index contributed by atoms with van der Waals surface area (Å²) in [5.41, 5.74) is 1.84. The Morgan fingerprint density at radius 2 is 1.62 bits per heavy atom. The second-order valence-corrected chi connectivity index (χ2v) is 10.4. The molecule has 5 heterocycles. The monoisotopic (exact) mass is 516 g/mol. The largest absolute Gasteiger partial charge is 0.381 e. The number of aryl methyl sites for hydroxylation is 1. The molecular formula is C26H25FN8OS. The van der Waals surface area contributed by atoms with E-state index in [1.165, 1.54) is 12.1 Å². The Morgan fingerprint density at radius 1 is 0.919 bits per heavy atom. The Kier molecular flexibility index (Phi) is 5.81. The molecule has 0 aliphatic carbocycles. The van der Waals surface area contributed by atoms with Gasteiger partial charge in [0, 0.05) is 62.1 Å². The van der Waals surface area contributed by atoms with E-state index < -0.39 is 5.60 Å². The first-order chi connectivity index (χ1) is 17.9. The fourth-order valence-corrected chi connectivity index (χ4v) is 5.34. The number of aromatic nitrogens is 6. The maximum Gasteiger partial charge on any atom is 0.225 e. The van der Waals surface area contributed by atoms with Gasteiger partial charge in [-0.2, -0.15) is 5.10 Å². The van der Waals surface area contributed by atoms with Crippen LogP contribution in [0.25, 0.3) is 16.0 Å². The average Bonchev–Trinajstić information content (AvgIpc) is 3.55. The number of aliphatic hydroxyl groups is 1. The second kappa shape index (κ2) is 9.16. The van der Waals surface area contributed by atoms with Crippen molar-refractivity contribution in [3.05, 3.63) is 83.4 Å². The molecule has 6 rings (SSSR count). The zero-order chi connectivity index (χ0) is 25.6. The Hall–Kier alpha value is -3.96. The van der Waals surface area contributed by atoms with Crippen LogP contribution < -0.4 is 9.80 Å². The van der Waals surface area contributed by atoms with Gasteiger partial charge < -0.3 is 14.9 Å². The minimum atomic E-state index is -1.32. The molecule has 1 saturated heterocycles. The molecule has 188 valence electrons. The van der Waals surface area contributed by atoms with Crippen LogP contribution in [0.15, 0.2) is 61.4 Å². The van der Waals surface area contributed by atoms with Crippen molar-refractivity contribution in [2.24, 2.45) is 0 Å². The summed E-state index contributed by atoms with van der Waals surface area (Å²) in [7, 11) is 0. The van der Waals surface area contributed by atoms with E-state index in [1.807, 2.05) is 23.8 Å². The summed E-state index contributed by atoms with van der Waals surface area (Å²) in [4.78, 5) is 23.5. The standard InChI is InChI=1S/C26H25FN8OS/c1-17-28-14-23(37-17)18-11-22-24(31-16-32-35(22)15-18)33-7-9-34(10-8-33)25-29-12-20(13-30-25)26(2,36)19-3-5-21(27)6-4-19/h3-6,11-16,36H,7-10H2,1-2H3/t26-/m0/s1. The van der Waals surface area contributed by atoms with Gasteiger partial charge in [-0.15, -0.1) is 11.3 Å². The molecule has 9 nitrogen and oxygen atoms in total. The highest BCUT2D eigenvalue weighted by molar-refractivity contribution is 7.15. The zero-order valence-electron chi connectivity index (χ0n) is 20.4. The molecule has 0 saturated carbocycles. The molecule has 0 spiro atoms. The first-order valence-corrected chi connectivity index (χ1v) is 12.8. The molecule has 5 aromatic rings. The van der Waals surface area contributed by atoms with Crippen molar-refractivity contribution in [1.82, 2.24) is 29.5 Å². The van der Waals surface area contributed by atoms with Crippen LogP contribution in [0.1, 0.15) is 23.1 Å². The van der Waals surface area contributed by atoms with Gasteiger partial charge in [0.05, 0.1) is 9.88 Å². The van der Waals surface area contributed by atoms with Crippen LogP contribution in [0.3, 0.4) is 0 Å². The van der Waals surface area contributed by atoms with Gasteiger partial charge in [0.2, 0.25) is 5.95 Å². The molecule has 0 bridgehead atoms. The second-order valence-electron chi connectivity index (χ2n) is 9.21. The Labute approximate surface area is 216 Å².